The van der Waals surface area contributed by atoms with Crippen molar-refractivity contribution in [2.45, 2.75) is 0 Å². The lowest BCUT2D eigenvalue weighted by Gasteiger charge is -1.93. The number of nitrogens with zero attached hydrogens (tertiary/aromatic N) is 4. The van der Waals surface area contributed by atoms with Crippen LogP contribution in [0, 0.1) is 20.2 Å². The average molecular weight is 363 g/mol. The van der Waals surface area contributed by atoms with Crippen LogP contribution in [-0.4, -0.2) is 30.0 Å². The Morgan fingerprint density at radius 1 is 1.05 bits per heavy atom. The minimum absolute atomic E-state index is 0. The molecule has 2 N–H and O–H groups in total. The highest BCUT2D eigenvalue weighted by molar-refractivity contribution is 9.10. The molecule has 0 unspecified atom stereocenters. The number of halogens is 1. The van der Waals surface area contributed by atoms with Gasteiger partial charge in [-0.1, -0.05) is 0 Å². The van der Waals surface area contributed by atoms with Crippen molar-refractivity contribution in [3.05, 3.63) is 55.3 Å². The van der Waals surface area contributed by atoms with Crippen LogP contribution in [0.5, 0.6) is 11.5 Å². The molecule has 10 nitrogen and oxygen atoms in total. The van der Waals surface area contributed by atoms with Crippen molar-refractivity contribution in [2.24, 2.45) is 0 Å². The minimum atomic E-state index is -0.750. The SMILES string of the molecule is O=[N+]([O-])c1nc(Br)ccc1O.O=[N+]([O-])c1ncccc1O.[HH].[HH]. The number of aromatic nitrogens is 2. The summed E-state index contributed by atoms with van der Waals surface area (Å²) in [5.41, 5.74) is 0. The summed E-state index contributed by atoms with van der Waals surface area (Å²) in [5, 5.41) is 37.8. The molecule has 0 bridgehead atoms. The Kier molecular flexibility index (Phi) is 5.48. The van der Waals surface area contributed by atoms with Gasteiger partial charge in [-0.2, -0.15) is 0 Å². The predicted octanol–water partition coefficient (Wildman–Crippen LogP) is 2.65. The maximum Gasteiger partial charge on any atom is 0.407 e. The van der Waals surface area contributed by atoms with Crippen LogP contribution < -0.4 is 0 Å². The molecule has 0 aliphatic carbocycles. The molecule has 2 aromatic rings. The van der Waals surface area contributed by atoms with Gasteiger partial charge in [0.25, 0.3) is 0 Å². The van der Waals surface area contributed by atoms with E-state index in [1.807, 2.05) is 0 Å². The molecule has 2 rings (SSSR count). The number of hydrogen-bond acceptors (Lipinski definition) is 8. The molecule has 2 heterocycles. The van der Waals surface area contributed by atoms with E-state index in [0.717, 1.165) is 0 Å². The largest absolute Gasteiger partial charge is 0.501 e. The number of aromatic hydroxyl groups is 2. The summed E-state index contributed by atoms with van der Waals surface area (Å²) in [6.45, 7) is 0. The van der Waals surface area contributed by atoms with Crippen LogP contribution in [-0.2, 0) is 0 Å². The smallest absolute Gasteiger partial charge is 0.407 e. The lowest BCUT2D eigenvalue weighted by molar-refractivity contribution is -0.390. The monoisotopic (exact) mass is 362 g/mol. The third-order valence-electron chi connectivity index (χ3n) is 1.93. The highest BCUT2D eigenvalue weighted by atomic mass is 79.9. The fraction of sp³-hybridized carbons (Fsp3) is 0. The molecule has 11 heteroatoms. The quantitative estimate of drug-likeness (QED) is 0.469. The Labute approximate surface area is 128 Å². The van der Waals surface area contributed by atoms with Crippen LogP contribution in [0.1, 0.15) is 2.85 Å². The number of rotatable bonds is 2. The Bertz CT molecular complexity index is 690. The zero-order valence-corrected chi connectivity index (χ0v) is 11.7. The van der Waals surface area contributed by atoms with Gasteiger partial charge in [-0.25, -0.2) is 0 Å². The van der Waals surface area contributed by atoms with E-state index >= 15 is 0 Å². The second-order valence-corrected chi connectivity index (χ2v) is 4.15. The van der Waals surface area contributed by atoms with Crippen molar-refractivity contribution >= 4 is 27.6 Å². The van der Waals surface area contributed by atoms with Gasteiger partial charge in [-0.3, -0.25) is 0 Å². The van der Waals surface area contributed by atoms with E-state index in [1.54, 1.807) is 0 Å². The van der Waals surface area contributed by atoms with E-state index in [0.29, 0.717) is 4.60 Å². The fourth-order valence-electron chi connectivity index (χ4n) is 1.08. The molecule has 21 heavy (non-hydrogen) atoms. The van der Waals surface area contributed by atoms with Crippen molar-refractivity contribution in [3.63, 3.8) is 0 Å². The molecule has 0 amide bonds. The predicted molar refractivity (Wildman–Crippen MR) is 77.0 cm³/mol. The molecule has 0 fully saturated rings. The van der Waals surface area contributed by atoms with Crippen LogP contribution in [0.2, 0.25) is 0 Å². The second-order valence-electron chi connectivity index (χ2n) is 3.34. The standard InChI is InChI=1S/C5H3BrN2O3.C5H4N2O3.2H2/c6-4-2-1-3(9)5(7-4)8(10)11;8-4-2-1-3-6-5(4)7(9)10;;/h1-2,9H;1-3,8H;2*1H. The Hall–Kier alpha value is -2.82. The van der Waals surface area contributed by atoms with Crippen molar-refractivity contribution in [2.75, 3.05) is 0 Å². The third kappa shape index (κ3) is 4.65. The minimum Gasteiger partial charge on any atom is -0.501 e. The van der Waals surface area contributed by atoms with Crippen molar-refractivity contribution in [3.8, 4) is 11.5 Å². The number of hydrogen-bond donors (Lipinski definition) is 2. The molecule has 114 valence electrons. The summed E-state index contributed by atoms with van der Waals surface area (Å²) in [5.74, 6) is -1.90. The van der Waals surface area contributed by atoms with Crippen molar-refractivity contribution in [1.82, 2.24) is 9.97 Å². The summed E-state index contributed by atoms with van der Waals surface area (Å²) < 4.78 is 0.321. The maximum atomic E-state index is 10.1. The van der Waals surface area contributed by atoms with E-state index < -0.39 is 33.0 Å². The van der Waals surface area contributed by atoms with Crippen LogP contribution in [0.3, 0.4) is 0 Å². The van der Waals surface area contributed by atoms with Gasteiger partial charge in [0.1, 0.15) is 6.20 Å². The summed E-state index contributed by atoms with van der Waals surface area (Å²) in [4.78, 5) is 25.4. The van der Waals surface area contributed by atoms with Gasteiger partial charge in [-0.05, 0) is 38.0 Å². The zero-order chi connectivity index (χ0) is 16.0. The highest BCUT2D eigenvalue weighted by Gasteiger charge is 2.14. The molecular weight excluding hydrogens is 352 g/mol. The Morgan fingerprint density at radius 2 is 1.62 bits per heavy atom. The van der Waals surface area contributed by atoms with E-state index in [4.69, 9.17) is 10.2 Å². The molecule has 0 aliphatic rings. The van der Waals surface area contributed by atoms with Crippen molar-refractivity contribution in [1.29, 1.82) is 0 Å². The summed E-state index contributed by atoms with van der Waals surface area (Å²) in [7, 11) is 0. The highest BCUT2D eigenvalue weighted by Crippen LogP contribution is 2.24. The van der Waals surface area contributed by atoms with Gasteiger partial charge < -0.3 is 30.4 Å². The van der Waals surface area contributed by atoms with Gasteiger partial charge in [-0.15, -0.1) is 0 Å². The molecule has 0 spiro atoms. The van der Waals surface area contributed by atoms with Crippen LogP contribution in [0.25, 0.3) is 0 Å². The molecular formula is C10H11BrN4O6. The van der Waals surface area contributed by atoms with Crippen LogP contribution in [0.4, 0.5) is 11.6 Å². The van der Waals surface area contributed by atoms with Gasteiger partial charge in [0.15, 0.2) is 0 Å². The molecule has 0 radical (unpaired) electrons. The normalized spacial score (nSPS) is 9.38. The van der Waals surface area contributed by atoms with Crippen LogP contribution in [0.15, 0.2) is 35.1 Å². The molecule has 0 saturated heterocycles. The van der Waals surface area contributed by atoms with Crippen LogP contribution >= 0.6 is 15.9 Å². The summed E-state index contributed by atoms with van der Waals surface area (Å²) >= 11 is 2.94. The lowest BCUT2D eigenvalue weighted by Crippen LogP contribution is -1.92. The fourth-order valence-corrected chi connectivity index (χ4v) is 1.38. The molecule has 2 aromatic heterocycles. The van der Waals surface area contributed by atoms with E-state index in [2.05, 4.69) is 25.9 Å². The average Bonchev–Trinajstić information content (AvgIpc) is 2.42. The van der Waals surface area contributed by atoms with Crippen molar-refractivity contribution < 1.29 is 22.9 Å². The first-order valence-electron chi connectivity index (χ1n) is 5.11. The first-order valence-corrected chi connectivity index (χ1v) is 5.90. The van der Waals surface area contributed by atoms with Gasteiger partial charge in [0.2, 0.25) is 16.1 Å². The topological polar surface area (TPSA) is 153 Å². The third-order valence-corrected chi connectivity index (χ3v) is 2.37. The maximum absolute atomic E-state index is 10.1. The summed E-state index contributed by atoms with van der Waals surface area (Å²) in [6.07, 6.45) is 1.25. The van der Waals surface area contributed by atoms with Gasteiger partial charge in [0.05, 0.1) is 0 Å². The summed E-state index contributed by atoms with van der Waals surface area (Å²) in [6, 6.07) is 5.25. The van der Waals surface area contributed by atoms with Gasteiger partial charge >= 0.3 is 11.6 Å². The van der Waals surface area contributed by atoms with Gasteiger partial charge in [0, 0.05) is 24.8 Å². The first kappa shape index (κ1) is 16.2. The second kappa shape index (κ2) is 7.09. The zero-order valence-electron chi connectivity index (χ0n) is 10.1. The molecule has 0 aliphatic heterocycles. The lowest BCUT2D eigenvalue weighted by atomic mass is 10.4. The molecule has 0 saturated carbocycles. The van der Waals surface area contributed by atoms with E-state index in [-0.39, 0.29) is 2.85 Å². The Balaban J connectivity index is 0. The number of nitro groups is 2. The van der Waals surface area contributed by atoms with E-state index in [9.17, 15) is 20.2 Å². The Morgan fingerprint density at radius 3 is 2.05 bits per heavy atom. The number of pyridine rings is 2. The first-order chi connectivity index (χ1) is 9.82. The molecule has 0 aromatic carbocycles. The van der Waals surface area contributed by atoms with E-state index in [1.165, 1.54) is 30.5 Å². The molecule has 0 atom stereocenters.